The molecule has 0 saturated heterocycles. The quantitative estimate of drug-likeness (QED) is 0.690. The number of anilines is 2. The number of nitrogens with one attached hydrogen (secondary N) is 1. The molecule has 0 saturated carbocycles. The lowest BCUT2D eigenvalue weighted by Crippen LogP contribution is -2.27. The summed E-state index contributed by atoms with van der Waals surface area (Å²) in [7, 11) is 0. The highest BCUT2D eigenvalue weighted by molar-refractivity contribution is 6.39. The van der Waals surface area contributed by atoms with E-state index in [4.69, 9.17) is 28.9 Å². The summed E-state index contributed by atoms with van der Waals surface area (Å²) < 4.78 is 1.59. The Hall–Kier alpha value is -2.50. The van der Waals surface area contributed by atoms with E-state index >= 15 is 0 Å². The Labute approximate surface area is 149 Å². The molecule has 0 radical (unpaired) electrons. The van der Waals surface area contributed by atoms with Crippen molar-refractivity contribution in [3.63, 3.8) is 0 Å². The molecule has 1 aromatic heterocycles. The summed E-state index contributed by atoms with van der Waals surface area (Å²) in [6.45, 7) is 0. The van der Waals surface area contributed by atoms with Crippen LogP contribution in [-0.2, 0) is 4.79 Å². The van der Waals surface area contributed by atoms with Gasteiger partial charge in [0.15, 0.2) is 6.04 Å². The van der Waals surface area contributed by atoms with Gasteiger partial charge in [-0.3, -0.25) is 9.48 Å². The Kier molecular flexibility index (Phi) is 4.74. The Morgan fingerprint density at radius 3 is 2.38 bits per heavy atom. The lowest BCUT2D eigenvalue weighted by molar-refractivity contribution is -0.118. The topological polar surface area (TPSA) is 72.9 Å². The van der Waals surface area contributed by atoms with Crippen LogP contribution >= 0.6 is 23.2 Å². The number of carbonyl (C=O) groups excluding carboxylic acids is 1. The molecule has 1 heterocycles. The lowest BCUT2D eigenvalue weighted by atomic mass is 10.1. The number of nitrogen functional groups attached to an aromatic ring is 1. The summed E-state index contributed by atoms with van der Waals surface area (Å²) >= 11 is 12.0. The Bertz CT molecular complexity index is 827. The Morgan fingerprint density at radius 2 is 1.79 bits per heavy atom. The average Bonchev–Trinajstić information content (AvgIpc) is 3.08. The van der Waals surface area contributed by atoms with Gasteiger partial charge >= 0.3 is 0 Å². The van der Waals surface area contributed by atoms with Crippen molar-refractivity contribution in [1.82, 2.24) is 9.78 Å². The van der Waals surface area contributed by atoms with Crippen LogP contribution in [0.2, 0.25) is 10.0 Å². The molecule has 1 atom stereocenters. The van der Waals surface area contributed by atoms with Crippen LogP contribution in [0.5, 0.6) is 0 Å². The van der Waals surface area contributed by atoms with Gasteiger partial charge in [-0.15, -0.1) is 0 Å². The number of nitrogens with two attached hydrogens (primary N) is 1. The van der Waals surface area contributed by atoms with Crippen molar-refractivity contribution < 1.29 is 4.79 Å². The van der Waals surface area contributed by atoms with Crippen LogP contribution in [0, 0.1) is 0 Å². The van der Waals surface area contributed by atoms with E-state index in [-0.39, 0.29) is 21.6 Å². The number of halogens is 2. The molecule has 5 nitrogen and oxygen atoms in total. The van der Waals surface area contributed by atoms with Crippen molar-refractivity contribution in [2.45, 2.75) is 6.04 Å². The second-order valence-electron chi connectivity index (χ2n) is 5.14. The van der Waals surface area contributed by atoms with Crippen LogP contribution in [0.4, 0.5) is 11.4 Å². The van der Waals surface area contributed by atoms with Crippen molar-refractivity contribution in [3.8, 4) is 0 Å². The first-order valence-electron chi connectivity index (χ1n) is 7.15. The fourth-order valence-corrected chi connectivity index (χ4v) is 2.85. The molecule has 3 aromatic rings. The van der Waals surface area contributed by atoms with Crippen molar-refractivity contribution in [1.29, 1.82) is 0 Å². The first-order valence-corrected chi connectivity index (χ1v) is 7.91. The van der Waals surface area contributed by atoms with Gasteiger partial charge in [-0.25, -0.2) is 0 Å². The van der Waals surface area contributed by atoms with Gasteiger partial charge in [0.2, 0.25) is 0 Å². The van der Waals surface area contributed by atoms with E-state index in [0.29, 0.717) is 5.69 Å². The van der Waals surface area contributed by atoms with Crippen LogP contribution < -0.4 is 11.1 Å². The second-order valence-corrected chi connectivity index (χ2v) is 5.96. The summed E-state index contributed by atoms with van der Waals surface area (Å²) in [6, 6.07) is 13.6. The zero-order valence-electron chi connectivity index (χ0n) is 12.5. The SMILES string of the molecule is Nc1c(Cl)cc(NC(=O)C(c2ccccc2)n2cccn2)cc1Cl. The Morgan fingerprint density at radius 1 is 1.12 bits per heavy atom. The molecule has 0 fully saturated rings. The molecule has 122 valence electrons. The predicted octanol–water partition coefficient (Wildman–Crippen LogP) is 4.00. The van der Waals surface area contributed by atoms with Gasteiger partial charge in [0.25, 0.3) is 5.91 Å². The zero-order valence-corrected chi connectivity index (χ0v) is 14.0. The molecule has 3 N–H and O–H groups in total. The maximum absolute atomic E-state index is 12.8. The summed E-state index contributed by atoms with van der Waals surface area (Å²) in [4.78, 5) is 12.8. The molecule has 0 bridgehead atoms. The normalized spacial score (nSPS) is 11.9. The molecule has 3 rings (SSSR count). The number of nitrogens with zero attached hydrogens (tertiary/aromatic N) is 2. The van der Waals surface area contributed by atoms with Gasteiger partial charge in [-0.1, -0.05) is 53.5 Å². The highest BCUT2D eigenvalue weighted by Crippen LogP contribution is 2.31. The van der Waals surface area contributed by atoms with E-state index in [1.165, 1.54) is 0 Å². The average molecular weight is 361 g/mol. The fourth-order valence-electron chi connectivity index (χ4n) is 2.36. The minimum Gasteiger partial charge on any atom is -0.396 e. The first kappa shape index (κ1) is 16.4. The van der Waals surface area contributed by atoms with Crippen LogP contribution in [0.1, 0.15) is 11.6 Å². The minimum absolute atomic E-state index is 0.262. The van der Waals surface area contributed by atoms with E-state index in [1.807, 2.05) is 30.3 Å². The van der Waals surface area contributed by atoms with E-state index < -0.39 is 6.04 Å². The fraction of sp³-hybridized carbons (Fsp3) is 0.0588. The molecular weight excluding hydrogens is 347 g/mol. The van der Waals surface area contributed by atoms with Gasteiger partial charge in [-0.2, -0.15) is 5.10 Å². The number of hydrogen-bond acceptors (Lipinski definition) is 3. The van der Waals surface area contributed by atoms with Crippen LogP contribution in [0.25, 0.3) is 0 Å². The number of rotatable bonds is 4. The van der Waals surface area contributed by atoms with Gasteiger partial charge in [0.1, 0.15) is 0 Å². The zero-order chi connectivity index (χ0) is 17.1. The summed E-state index contributed by atoms with van der Waals surface area (Å²) in [5, 5.41) is 7.57. The molecular formula is C17H14Cl2N4O. The predicted molar refractivity (Wildman–Crippen MR) is 96.3 cm³/mol. The summed E-state index contributed by atoms with van der Waals surface area (Å²) in [5.74, 6) is -0.262. The van der Waals surface area contributed by atoms with Crippen molar-refractivity contribution in [2.24, 2.45) is 0 Å². The molecule has 0 aliphatic rings. The van der Waals surface area contributed by atoms with E-state index in [9.17, 15) is 4.79 Å². The monoisotopic (exact) mass is 360 g/mol. The van der Waals surface area contributed by atoms with E-state index in [0.717, 1.165) is 5.56 Å². The number of amides is 1. The highest BCUT2D eigenvalue weighted by Gasteiger charge is 2.23. The Balaban J connectivity index is 1.93. The maximum atomic E-state index is 12.8. The smallest absolute Gasteiger partial charge is 0.253 e. The first-order chi connectivity index (χ1) is 11.6. The second kappa shape index (κ2) is 6.95. The number of hydrogen-bond donors (Lipinski definition) is 2. The highest BCUT2D eigenvalue weighted by atomic mass is 35.5. The summed E-state index contributed by atoms with van der Waals surface area (Å²) in [6.07, 6.45) is 3.36. The molecule has 1 unspecified atom stereocenters. The molecule has 0 aliphatic heterocycles. The van der Waals surface area contributed by atoms with E-state index in [2.05, 4.69) is 10.4 Å². The van der Waals surface area contributed by atoms with Gasteiger partial charge in [0.05, 0.1) is 15.7 Å². The molecule has 0 aliphatic carbocycles. The maximum Gasteiger partial charge on any atom is 0.253 e. The van der Waals surface area contributed by atoms with Gasteiger partial charge in [0, 0.05) is 18.1 Å². The van der Waals surface area contributed by atoms with Crippen LogP contribution in [0.3, 0.4) is 0 Å². The number of aromatic nitrogens is 2. The van der Waals surface area contributed by atoms with Crippen LogP contribution in [-0.4, -0.2) is 15.7 Å². The van der Waals surface area contributed by atoms with E-state index in [1.54, 1.807) is 35.3 Å². The van der Waals surface area contributed by atoms with Crippen LogP contribution in [0.15, 0.2) is 60.9 Å². The lowest BCUT2D eigenvalue weighted by Gasteiger charge is -2.18. The molecule has 2 aromatic carbocycles. The number of benzene rings is 2. The largest absolute Gasteiger partial charge is 0.396 e. The third kappa shape index (κ3) is 3.37. The van der Waals surface area contributed by atoms with Gasteiger partial charge in [-0.05, 0) is 23.8 Å². The standard InChI is InChI=1S/C17H14Cl2N4O/c18-13-9-12(10-14(19)15(13)20)22-17(24)16(23-8-4-7-21-23)11-5-2-1-3-6-11/h1-10,16H,20H2,(H,22,24). The minimum atomic E-state index is -0.615. The number of carbonyl (C=O) groups is 1. The molecule has 7 heteroatoms. The molecule has 24 heavy (non-hydrogen) atoms. The summed E-state index contributed by atoms with van der Waals surface area (Å²) in [5.41, 5.74) is 7.28. The van der Waals surface area contributed by atoms with Gasteiger partial charge < -0.3 is 11.1 Å². The third-order valence-electron chi connectivity index (χ3n) is 3.50. The third-order valence-corrected chi connectivity index (χ3v) is 4.13. The molecule has 0 spiro atoms. The van der Waals surface area contributed by atoms with Crippen molar-refractivity contribution in [3.05, 3.63) is 76.5 Å². The van der Waals surface area contributed by atoms with Crippen molar-refractivity contribution >= 4 is 40.5 Å². The van der Waals surface area contributed by atoms with Crippen molar-refractivity contribution in [2.75, 3.05) is 11.1 Å². The molecule has 1 amide bonds.